The van der Waals surface area contributed by atoms with Crippen LogP contribution in [0.2, 0.25) is 0 Å². The Hall–Kier alpha value is -1.79. The van der Waals surface area contributed by atoms with Crippen LogP contribution in [0.4, 0.5) is 5.69 Å². The summed E-state index contributed by atoms with van der Waals surface area (Å²) >= 11 is 1.68. The molecule has 1 N–H and O–H groups in total. The van der Waals surface area contributed by atoms with E-state index in [-0.39, 0.29) is 10.6 Å². The first-order chi connectivity index (χ1) is 9.50. The number of hydrogen-bond acceptors (Lipinski definition) is 5. The van der Waals surface area contributed by atoms with E-state index in [4.69, 9.17) is 0 Å². The first-order valence-corrected chi connectivity index (χ1v) is 7.27. The molecule has 0 aliphatic heterocycles. The number of nitro groups is 1. The van der Waals surface area contributed by atoms with Crippen molar-refractivity contribution in [2.75, 3.05) is 0 Å². The number of thiophene rings is 1. The Labute approximate surface area is 121 Å². The lowest BCUT2D eigenvalue weighted by Gasteiger charge is -2.08. The van der Waals surface area contributed by atoms with Crippen molar-refractivity contribution in [1.29, 1.82) is 0 Å². The highest BCUT2D eigenvalue weighted by molar-refractivity contribution is 7.08. The van der Waals surface area contributed by atoms with Gasteiger partial charge in [-0.05, 0) is 42.7 Å². The number of aromatic nitrogens is 1. The summed E-state index contributed by atoms with van der Waals surface area (Å²) in [7, 11) is 0. The van der Waals surface area contributed by atoms with Crippen LogP contribution in [0.5, 0.6) is 0 Å². The quantitative estimate of drug-likeness (QED) is 0.678. The molecule has 0 radical (unpaired) electrons. The van der Waals surface area contributed by atoms with E-state index in [9.17, 15) is 10.1 Å². The highest BCUT2D eigenvalue weighted by atomic mass is 32.1. The van der Waals surface area contributed by atoms with Crippen LogP contribution in [0.1, 0.15) is 27.9 Å². The molecule has 0 aromatic carbocycles. The second-order valence-electron chi connectivity index (χ2n) is 4.80. The van der Waals surface area contributed by atoms with E-state index >= 15 is 0 Å². The van der Waals surface area contributed by atoms with E-state index in [0.717, 1.165) is 12.2 Å². The predicted molar refractivity (Wildman–Crippen MR) is 80.0 cm³/mol. The fraction of sp³-hybridized carbons (Fsp3) is 0.357. The first-order valence-electron chi connectivity index (χ1n) is 6.32. The Morgan fingerprint density at radius 1 is 1.25 bits per heavy atom. The number of aryl methyl sites for hydroxylation is 2. The predicted octanol–water partition coefficient (Wildman–Crippen LogP) is 3.27. The van der Waals surface area contributed by atoms with Gasteiger partial charge in [0, 0.05) is 30.4 Å². The molecule has 2 aromatic heterocycles. The average molecular weight is 291 g/mol. The molecule has 0 bridgehead atoms. The van der Waals surface area contributed by atoms with Crippen molar-refractivity contribution in [1.82, 2.24) is 10.3 Å². The minimum atomic E-state index is -0.334. The van der Waals surface area contributed by atoms with E-state index in [0.29, 0.717) is 17.7 Å². The van der Waals surface area contributed by atoms with Gasteiger partial charge < -0.3 is 5.32 Å². The number of nitrogens with zero attached hydrogens (tertiary/aromatic N) is 2. The molecule has 0 aliphatic carbocycles. The molecule has 0 aliphatic rings. The normalized spacial score (nSPS) is 10.8. The molecule has 20 heavy (non-hydrogen) atoms. The van der Waals surface area contributed by atoms with Gasteiger partial charge in [0.15, 0.2) is 0 Å². The van der Waals surface area contributed by atoms with Gasteiger partial charge >= 0.3 is 0 Å². The van der Waals surface area contributed by atoms with Gasteiger partial charge in [0.25, 0.3) is 5.69 Å². The van der Waals surface area contributed by atoms with Crippen LogP contribution < -0.4 is 5.32 Å². The lowest BCUT2D eigenvalue weighted by Crippen LogP contribution is -2.15. The standard InChI is InChI=1S/C14H17N3O2S/c1-9-4-16-13(11(3)14(9)17(18)19)6-15-5-12-8-20-7-10(12)2/h4,7-8,15H,5-6H2,1-3H3. The number of rotatable bonds is 5. The van der Waals surface area contributed by atoms with Crippen molar-refractivity contribution in [2.24, 2.45) is 0 Å². The van der Waals surface area contributed by atoms with Crippen molar-refractivity contribution < 1.29 is 4.92 Å². The van der Waals surface area contributed by atoms with Crippen molar-refractivity contribution >= 4 is 17.0 Å². The smallest absolute Gasteiger partial charge is 0.278 e. The van der Waals surface area contributed by atoms with Crippen LogP contribution in [0.25, 0.3) is 0 Å². The summed E-state index contributed by atoms with van der Waals surface area (Å²) in [6.07, 6.45) is 1.57. The highest BCUT2D eigenvalue weighted by Crippen LogP contribution is 2.24. The molecule has 0 atom stereocenters. The lowest BCUT2D eigenvalue weighted by molar-refractivity contribution is -0.386. The third kappa shape index (κ3) is 3.02. The summed E-state index contributed by atoms with van der Waals surface area (Å²) in [6, 6.07) is 0. The molecule has 2 heterocycles. The van der Waals surface area contributed by atoms with Crippen LogP contribution in [0.15, 0.2) is 17.0 Å². The number of pyridine rings is 1. The third-order valence-electron chi connectivity index (χ3n) is 3.33. The van der Waals surface area contributed by atoms with Crippen molar-refractivity contribution in [3.63, 3.8) is 0 Å². The van der Waals surface area contributed by atoms with Gasteiger partial charge in [-0.25, -0.2) is 0 Å². The first kappa shape index (κ1) is 14.6. The molecule has 0 amide bonds. The summed E-state index contributed by atoms with van der Waals surface area (Å²) in [6.45, 7) is 6.82. The average Bonchev–Trinajstić information content (AvgIpc) is 2.78. The van der Waals surface area contributed by atoms with Crippen LogP contribution in [0.3, 0.4) is 0 Å². The molecular formula is C14H17N3O2S. The van der Waals surface area contributed by atoms with Gasteiger partial charge in [-0.1, -0.05) is 0 Å². The van der Waals surface area contributed by atoms with Crippen LogP contribution in [-0.2, 0) is 13.1 Å². The maximum Gasteiger partial charge on any atom is 0.278 e. The molecule has 0 saturated carbocycles. The van der Waals surface area contributed by atoms with E-state index in [2.05, 4.69) is 28.0 Å². The zero-order valence-corrected chi connectivity index (χ0v) is 12.6. The minimum Gasteiger partial charge on any atom is -0.307 e. The van der Waals surface area contributed by atoms with E-state index < -0.39 is 0 Å². The monoisotopic (exact) mass is 291 g/mol. The largest absolute Gasteiger partial charge is 0.307 e. The van der Waals surface area contributed by atoms with Gasteiger partial charge in [-0.2, -0.15) is 11.3 Å². The maximum absolute atomic E-state index is 11.1. The van der Waals surface area contributed by atoms with E-state index in [1.165, 1.54) is 11.1 Å². The molecule has 0 saturated heterocycles. The Kier molecular flexibility index (Phi) is 4.46. The van der Waals surface area contributed by atoms with Crippen LogP contribution >= 0.6 is 11.3 Å². The fourth-order valence-electron chi connectivity index (χ4n) is 2.11. The van der Waals surface area contributed by atoms with Gasteiger partial charge in [0.05, 0.1) is 10.6 Å². The molecule has 0 fully saturated rings. The fourth-order valence-corrected chi connectivity index (χ4v) is 2.96. The minimum absolute atomic E-state index is 0.170. The van der Waals surface area contributed by atoms with Gasteiger partial charge in [-0.15, -0.1) is 0 Å². The SMILES string of the molecule is Cc1cscc1CNCc1ncc(C)c([N+](=O)[O-])c1C. The Morgan fingerprint density at radius 3 is 2.60 bits per heavy atom. The number of nitrogens with one attached hydrogen (secondary N) is 1. The summed E-state index contributed by atoms with van der Waals surface area (Å²) in [5, 5.41) is 18.6. The van der Waals surface area contributed by atoms with Crippen molar-refractivity contribution in [3.8, 4) is 0 Å². The van der Waals surface area contributed by atoms with Gasteiger partial charge in [-0.3, -0.25) is 15.1 Å². The molecule has 6 heteroatoms. The zero-order chi connectivity index (χ0) is 14.7. The Morgan fingerprint density at radius 2 is 2.00 bits per heavy atom. The Balaban J connectivity index is 2.09. The zero-order valence-electron chi connectivity index (χ0n) is 11.8. The third-order valence-corrected chi connectivity index (χ3v) is 4.24. The lowest BCUT2D eigenvalue weighted by atomic mass is 10.1. The van der Waals surface area contributed by atoms with E-state index in [1.807, 2.05) is 0 Å². The van der Waals surface area contributed by atoms with Crippen molar-refractivity contribution in [2.45, 2.75) is 33.9 Å². The summed E-state index contributed by atoms with van der Waals surface area (Å²) in [4.78, 5) is 15.0. The Bertz CT molecular complexity index is 637. The summed E-state index contributed by atoms with van der Waals surface area (Å²) < 4.78 is 0. The van der Waals surface area contributed by atoms with Gasteiger partial charge in [0.1, 0.15) is 0 Å². The topological polar surface area (TPSA) is 68.1 Å². The summed E-state index contributed by atoms with van der Waals surface area (Å²) in [5.41, 5.74) is 4.67. The van der Waals surface area contributed by atoms with Crippen LogP contribution in [-0.4, -0.2) is 9.91 Å². The molecule has 0 spiro atoms. The molecular weight excluding hydrogens is 274 g/mol. The maximum atomic E-state index is 11.1. The van der Waals surface area contributed by atoms with Gasteiger partial charge in [0.2, 0.25) is 0 Å². The van der Waals surface area contributed by atoms with E-state index in [1.54, 1.807) is 31.4 Å². The van der Waals surface area contributed by atoms with Crippen LogP contribution in [0, 0.1) is 30.9 Å². The molecule has 2 aromatic rings. The second-order valence-corrected chi connectivity index (χ2v) is 5.55. The molecule has 2 rings (SSSR count). The number of hydrogen-bond donors (Lipinski definition) is 1. The molecule has 5 nitrogen and oxygen atoms in total. The highest BCUT2D eigenvalue weighted by Gasteiger charge is 2.18. The summed E-state index contributed by atoms with van der Waals surface area (Å²) in [5.74, 6) is 0. The second kappa shape index (κ2) is 6.11. The van der Waals surface area contributed by atoms with Crippen molar-refractivity contribution in [3.05, 3.63) is 55.0 Å². The molecule has 0 unspecified atom stereocenters. The molecule has 106 valence electrons.